The molecule has 0 saturated heterocycles. The van der Waals surface area contributed by atoms with Crippen LogP contribution in [-0.2, 0) is 14.8 Å². The van der Waals surface area contributed by atoms with Crippen LogP contribution in [0.15, 0.2) is 29.2 Å². The monoisotopic (exact) mass is 325 g/mol. The zero-order valence-electron chi connectivity index (χ0n) is 12.8. The Balaban J connectivity index is 2.06. The molecule has 0 heterocycles. The van der Waals surface area contributed by atoms with E-state index in [0.29, 0.717) is 5.92 Å². The molecule has 0 aromatic heterocycles. The van der Waals surface area contributed by atoms with Crippen LogP contribution >= 0.6 is 0 Å². The van der Waals surface area contributed by atoms with Gasteiger partial charge in [-0.05, 0) is 43.4 Å². The molecule has 1 fully saturated rings. The molecule has 1 aliphatic rings. The number of hydrogen-bond donors (Lipinski definition) is 2. The van der Waals surface area contributed by atoms with E-state index in [4.69, 9.17) is 5.11 Å². The van der Waals surface area contributed by atoms with Gasteiger partial charge in [-0.3, -0.25) is 4.79 Å². The quantitative estimate of drug-likeness (QED) is 0.842. The van der Waals surface area contributed by atoms with Crippen molar-refractivity contribution in [3.63, 3.8) is 0 Å². The van der Waals surface area contributed by atoms with Crippen LogP contribution in [0.4, 0.5) is 0 Å². The summed E-state index contributed by atoms with van der Waals surface area (Å²) in [6, 6.07) is 6.35. The summed E-state index contributed by atoms with van der Waals surface area (Å²) in [7, 11) is -3.67. The number of carboxylic acid groups (broad SMARTS) is 1. The predicted molar refractivity (Wildman–Crippen MR) is 84.3 cm³/mol. The molecular formula is C16H23NO4S. The van der Waals surface area contributed by atoms with Gasteiger partial charge in [-0.25, -0.2) is 13.1 Å². The van der Waals surface area contributed by atoms with E-state index in [1.165, 1.54) is 37.7 Å². The van der Waals surface area contributed by atoms with Gasteiger partial charge in [-0.15, -0.1) is 0 Å². The second-order valence-corrected chi connectivity index (χ2v) is 7.74. The van der Waals surface area contributed by atoms with Gasteiger partial charge in [0.15, 0.2) is 0 Å². The van der Waals surface area contributed by atoms with E-state index in [2.05, 4.69) is 4.72 Å². The summed E-state index contributed by atoms with van der Waals surface area (Å²) in [4.78, 5) is 10.8. The third-order valence-electron chi connectivity index (χ3n) is 4.10. The first-order chi connectivity index (χ1) is 10.4. The number of nitrogens with one attached hydrogen (secondary N) is 1. The van der Waals surface area contributed by atoms with Gasteiger partial charge in [0.1, 0.15) is 0 Å². The van der Waals surface area contributed by atoms with E-state index in [-0.39, 0.29) is 11.3 Å². The first-order valence-electron chi connectivity index (χ1n) is 7.72. The Hall–Kier alpha value is -1.40. The van der Waals surface area contributed by atoms with Crippen LogP contribution < -0.4 is 4.72 Å². The van der Waals surface area contributed by atoms with Gasteiger partial charge in [0.2, 0.25) is 10.0 Å². The van der Waals surface area contributed by atoms with Crippen LogP contribution in [-0.4, -0.2) is 25.5 Å². The van der Waals surface area contributed by atoms with Crippen molar-refractivity contribution >= 4 is 16.0 Å². The van der Waals surface area contributed by atoms with Crippen LogP contribution in [0.25, 0.3) is 0 Å². The third kappa shape index (κ3) is 4.55. The number of rotatable bonds is 6. The molecule has 5 nitrogen and oxygen atoms in total. The molecule has 1 aliphatic carbocycles. The van der Waals surface area contributed by atoms with Crippen molar-refractivity contribution < 1.29 is 18.3 Å². The smallest absolute Gasteiger partial charge is 0.304 e. The van der Waals surface area contributed by atoms with Crippen molar-refractivity contribution in [3.05, 3.63) is 29.8 Å². The van der Waals surface area contributed by atoms with Crippen LogP contribution in [0, 0.1) is 0 Å². The average Bonchev–Trinajstić information content (AvgIpc) is 2.47. The minimum Gasteiger partial charge on any atom is -0.481 e. The van der Waals surface area contributed by atoms with Crippen molar-refractivity contribution in [1.82, 2.24) is 4.72 Å². The molecular weight excluding hydrogens is 302 g/mol. The first kappa shape index (κ1) is 17.0. The lowest BCUT2D eigenvalue weighted by molar-refractivity contribution is -0.137. The molecule has 0 amide bonds. The highest BCUT2D eigenvalue weighted by Crippen LogP contribution is 2.32. The van der Waals surface area contributed by atoms with E-state index in [9.17, 15) is 13.2 Å². The van der Waals surface area contributed by atoms with Crippen molar-refractivity contribution in [2.45, 2.75) is 62.3 Å². The van der Waals surface area contributed by atoms with Gasteiger partial charge < -0.3 is 5.11 Å². The predicted octanol–water partition coefficient (Wildman–Crippen LogP) is 2.88. The molecule has 1 aromatic rings. The Morgan fingerprint density at radius 3 is 2.36 bits per heavy atom. The number of aliphatic carboxylic acids is 1. The summed E-state index contributed by atoms with van der Waals surface area (Å²) in [6.45, 7) is 1.54. The summed E-state index contributed by atoms with van der Waals surface area (Å²) in [6.07, 6.45) is 5.85. The molecule has 1 unspecified atom stereocenters. The highest BCUT2D eigenvalue weighted by atomic mass is 32.2. The minimum absolute atomic E-state index is 0.185. The Morgan fingerprint density at radius 2 is 1.82 bits per heavy atom. The lowest BCUT2D eigenvalue weighted by atomic mass is 9.84. The number of carboxylic acids is 1. The Bertz CT molecular complexity index is 604. The molecule has 1 atom stereocenters. The van der Waals surface area contributed by atoms with Crippen LogP contribution in [0.3, 0.4) is 0 Å². The number of hydrogen-bond acceptors (Lipinski definition) is 3. The lowest BCUT2D eigenvalue weighted by Gasteiger charge is -2.22. The number of carbonyl (C=O) groups is 1. The molecule has 6 heteroatoms. The molecule has 1 aromatic carbocycles. The van der Waals surface area contributed by atoms with Crippen molar-refractivity contribution in [2.75, 3.05) is 0 Å². The van der Waals surface area contributed by atoms with Gasteiger partial charge in [-0.1, -0.05) is 31.4 Å². The van der Waals surface area contributed by atoms with Gasteiger partial charge in [0.25, 0.3) is 0 Å². The fraction of sp³-hybridized carbons (Fsp3) is 0.562. The molecule has 0 radical (unpaired) electrons. The minimum atomic E-state index is -3.67. The maximum atomic E-state index is 12.2. The van der Waals surface area contributed by atoms with E-state index >= 15 is 0 Å². The third-order valence-corrected chi connectivity index (χ3v) is 5.71. The Kier molecular flexibility index (Phi) is 5.58. The summed E-state index contributed by atoms with van der Waals surface area (Å²) in [5.41, 5.74) is 1.19. The summed E-state index contributed by atoms with van der Waals surface area (Å²) in [5.74, 6) is -0.493. The fourth-order valence-electron chi connectivity index (χ4n) is 2.99. The maximum Gasteiger partial charge on any atom is 0.304 e. The second-order valence-electron chi connectivity index (χ2n) is 6.02. The standard InChI is InChI=1S/C16H23NO4S/c1-12(11-16(18)19)17-22(20,21)15-9-7-14(8-10-15)13-5-3-2-4-6-13/h7-10,12-13,17H,2-6,11H2,1H3,(H,18,19). The molecule has 0 aliphatic heterocycles. The molecule has 1 saturated carbocycles. The van der Waals surface area contributed by atoms with Gasteiger partial charge in [0, 0.05) is 6.04 Å². The normalized spacial score (nSPS) is 18.0. The van der Waals surface area contributed by atoms with Gasteiger partial charge in [0.05, 0.1) is 11.3 Å². The summed E-state index contributed by atoms with van der Waals surface area (Å²) >= 11 is 0. The van der Waals surface area contributed by atoms with E-state index < -0.39 is 22.0 Å². The van der Waals surface area contributed by atoms with Crippen LogP contribution in [0.1, 0.15) is 56.9 Å². The largest absolute Gasteiger partial charge is 0.481 e. The highest BCUT2D eigenvalue weighted by Gasteiger charge is 2.20. The van der Waals surface area contributed by atoms with Gasteiger partial charge >= 0.3 is 5.97 Å². The van der Waals surface area contributed by atoms with Crippen molar-refractivity contribution in [3.8, 4) is 0 Å². The summed E-state index contributed by atoms with van der Waals surface area (Å²) < 4.78 is 26.8. The second kappa shape index (κ2) is 7.24. The van der Waals surface area contributed by atoms with Crippen molar-refractivity contribution in [1.29, 1.82) is 0 Å². The van der Waals surface area contributed by atoms with Gasteiger partial charge in [-0.2, -0.15) is 0 Å². The number of sulfonamides is 1. The zero-order chi connectivity index (χ0) is 16.2. The Morgan fingerprint density at radius 1 is 1.23 bits per heavy atom. The van der Waals surface area contributed by atoms with Crippen LogP contribution in [0.2, 0.25) is 0 Å². The van der Waals surface area contributed by atoms with E-state index in [1.54, 1.807) is 19.1 Å². The molecule has 0 bridgehead atoms. The number of benzene rings is 1. The van der Waals surface area contributed by atoms with E-state index in [0.717, 1.165) is 0 Å². The van der Waals surface area contributed by atoms with Crippen molar-refractivity contribution in [2.24, 2.45) is 0 Å². The lowest BCUT2D eigenvalue weighted by Crippen LogP contribution is -2.34. The van der Waals surface area contributed by atoms with E-state index in [1.807, 2.05) is 12.1 Å². The fourth-order valence-corrected chi connectivity index (χ4v) is 4.24. The molecule has 22 heavy (non-hydrogen) atoms. The summed E-state index contributed by atoms with van der Waals surface area (Å²) in [5, 5.41) is 8.70. The van der Waals surface area contributed by atoms with Crippen LogP contribution in [0.5, 0.6) is 0 Å². The SMILES string of the molecule is CC(CC(=O)O)NS(=O)(=O)c1ccc(C2CCCCC2)cc1. The molecule has 122 valence electrons. The average molecular weight is 325 g/mol. The Labute approximate surface area is 131 Å². The topological polar surface area (TPSA) is 83.5 Å². The maximum absolute atomic E-state index is 12.2. The molecule has 2 rings (SSSR count). The molecule has 0 spiro atoms. The first-order valence-corrected chi connectivity index (χ1v) is 9.21. The molecule has 2 N–H and O–H groups in total. The highest BCUT2D eigenvalue weighted by molar-refractivity contribution is 7.89. The zero-order valence-corrected chi connectivity index (χ0v) is 13.6.